The molecule has 1 saturated heterocycles. The molecule has 4 N–H and O–H groups in total. The quantitative estimate of drug-likeness (QED) is 0.0261. The van der Waals surface area contributed by atoms with Crippen LogP contribution in [0, 0.1) is 0 Å². The van der Waals surface area contributed by atoms with E-state index in [1.807, 2.05) is 0 Å². The Morgan fingerprint density at radius 1 is 0.508 bits per heavy atom. The Bertz CT molecular complexity index is 1230. The van der Waals surface area contributed by atoms with Gasteiger partial charge in [0.05, 0.1) is 6.61 Å². The van der Waals surface area contributed by atoms with Crippen molar-refractivity contribution >= 4 is 17.9 Å². The van der Waals surface area contributed by atoms with E-state index in [1.54, 1.807) is 0 Å². The van der Waals surface area contributed by atoms with E-state index in [9.17, 15) is 34.8 Å². The summed E-state index contributed by atoms with van der Waals surface area (Å²) in [6.07, 6.45) is 41.5. The summed E-state index contributed by atoms with van der Waals surface area (Å²) in [5.74, 6) is -2.45. The molecule has 11 nitrogen and oxygen atoms in total. The zero-order valence-electron chi connectivity index (χ0n) is 39.6. The largest absolute Gasteiger partial charge is 0.479 e. The molecule has 0 bridgehead atoms. The topological polar surface area (TPSA) is 169 Å². The smallest absolute Gasteiger partial charge is 0.335 e. The minimum atomic E-state index is -1.86. The lowest BCUT2D eigenvalue weighted by Crippen LogP contribution is -2.60. The second-order valence-electron chi connectivity index (χ2n) is 17.3. The number of carbonyl (C=O) groups is 3. The standard InChI is InChI=1S/C52H90O11/c1-3-5-7-9-11-13-15-17-19-21-22-23-24-25-27-28-30-32-34-36-38-40-45(53)60-42-44(43-61-52-49(57)47(55)48(56)50(63-52)51(58)59)62-46(54)41-39-37-35-33-31-29-26-20-18-16-14-12-10-8-6-4-2/h5,7,11,13,17,19,22-23,44,47-50,52,55-57H,3-4,6,8-10,12,14-16,18,20-21,24-43H2,1-2H3,(H,58,59)/b7-5-,13-11-,19-17-,23-22-. The summed E-state index contributed by atoms with van der Waals surface area (Å²) in [6.45, 7) is 3.72. The molecule has 1 aliphatic heterocycles. The van der Waals surface area contributed by atoms with Gasteiger partial charge in [-0.05, 0) is 51.4 Å². The van der Waals surface area contributed by atoms with Gasteiger partial charge in [0.25, 0.3) is 0 Å². The fourth-order valence-corrected chi connectivity index (χ4v) is 7.52. The van der Waals surface area contributed by atoms with Crippen LogP contribution in [0.25, 0.3) is 0 Å². The number of carboxylic acid groups (broad SMARTS) is 1. The highest BCUT2D eigenvalue weighted by Gasteiger charge is 2.47. The van der Waals surface area contributed by atoms with E-state index in [4.69, 9.17) is 18.9 Å². The lowest BCUT2D eigenvalue weighted by Gasteiger charge is -2.38. The first-order chi connectivity index (χ1) is 30.7. The van der Waals surface area contributed by atoms with E-state index in [2.05, 4.69) is 62.5 Å². The molecule has 0 amide bonds. The average molecular weight is 891 g/mol. The molecule has 1 fully saturated rings. The van der Waals surface area contributed by atoms with Gasteiger partial charge in [-0.1, -0.05) is 197 Å². The molecule has 1 aliphatic rings. The van der Waals surface area contributed by atoms with Crippen molar-refractivity contribution in [2.24, 2.45) is 0 Å². The van der Waals surface area contributed by atoms with E-state index in [1.165, 1.54) is 103 Å². The number of unbranched alkanes of at least 4 members (excludes halogenated alkanes) is 23. The zero-order chi connectivity index (χ0) is 46.0. The molecule has 6 atom stereocenters. The van der Waals surface area contributed by atoms with Gasteiger partial charge >= 0.3 is 17.9 Å². The van der Waals surface area contributed by atoms with Crippen LogP contribution in [-0.4, -0.2) is 88.4 Å². The summed E-state index contributed by atoms with van der Waals surface area (Å²) < 4.78 is 21.8. The third-order valence-electron chi connectivity index (χ3n) is 11.4. The Balaban J connectivity index is 2.30. The number of carboxylic acids is 1. The van der Waals surface area contributed by atoms with Gasteiger partial charge < -0.3 is 39.4 Å². The molecule has 0 aromatic heterocycles. The fraction of sp³-hybridized carbons (Fsp3) is 0.788. The van der Waals surface area contributed by atoms with Crippen LogP contribution in [0.3, 0.4) is 0 Å². The predicted octanol–water partition coefficient (Wildman–Crippen LogP) is 11.7. The lowest BCUT2D eigenvalue weighted by atomic mass is 9.99. The van der Waals surface area contributed by atoms with Crippen LogP contribution >= 0.6 is 0 Å². The molecule has 364 valence electrons. The number of aliphatic hydroxyl groups excluding tert-OH is 3. The molecule has 0 spiro atoms. The van der Waals surface area contributed by atoms with Crippen molar-refractivity contribution in [2.75, 3.05) is 13.2 Å². The SMILES string of the molecule is CC/C=C\C/C=C\C/C=C\C/C=C\CCCCCCCCCCC(=O)OCC(COC1OC(C(=O)O)C(O)C(O)C1O)OC(=O)CCCCCCCCCCCCCCCCCC. The highest BCUT2D eigenvalue weighted by Crippen LogP contribution is 2.23. The van der Waals surface area contributed by atoms with Crippen LogP contribution in [0.1, 0.15) is 213 Å². The molecule has 0 aromatic rings. The van der Waals surface area contributed by atoms with Crippen molar-refractivity contribution in [2.45, 2.75) is 250 Å². The van der Waals surface area contributed by atoms with Crippen molar-refractivity contribution in [1.82, 2.24) is 0 Å². The summed E-state index contributed by atoms with van der Waals surface area (Å²) in [5.41, 5.74) is 0. The Hall–Kier alpha value is -2.83. The summed E-state index contributed by atoms with van der Waals surface area (Å²) in [6, 6.07) is 0. The maximum atomic E-state index is 12.8. The lowest BCUT2D eigenvalue weighted by molar-refractivity contribution is -0.298. The number of aliphatic hydroxyl groups is 3. The second kappa shape index (κ2) is 41.8. The molecule has 63 heavy (non-hydrogen) atoms. The van der Waals surface area contributed by atoms with Gasteiger partial charge in [-0.2, -0.15) is 0 Å². The van der Waals surface area contributed by atoms with Gasteiger partial charge in [-0.3, -0.25) is 9.59 Å². The summed E-state index contributed by atoms with van der Waals surface area (Å²) in [7, 11) is 0. The highest BCUT2D eigenvalue weighted by atomic mass is 16.7. The van der Waals surface area contributed by atoms with E-state index in [0.29, 0.717) is 12.8 Å². The number of rotatable bonds is 42. The molecule has 0 radical (unpaired) electrons. The van der Waals surface area contributed by atoms with Crippen LogP contribution in [0.15, 0.2) is 48.6 Å². The Morgan fingerprint density at radius 2 is 0.937 bits per heavy atom. The molecular formula is C52H90O11. The van der Waals surface area contributed by atoms with Crippen LogP contribution in [0.2, 0.25) is 0 Å². The van der Waals surface area contributed by atoms with Crippen molar-refractivity contribution < 1.29 is 53.8 Å². The van der Waals surface area contributed by atoms with E-state index >= 15 is 0 Å². The molecular weight excluding hydrogens is 801 g/mol. The maximum absolute atomic E-state index is 12.8. The zero-order valence-corrected chi connectivity index (χ0v) is 39.6. The number of carbonyl (C=O) groups excluding carboxylic acids is 2. The third-order valence-corrected chi connectivity index (χ3v) is 11.4. The molecule has 6 unspecified atom stereocenters. The number of aliphatic carboxylic acids is 1. The second-order valence-corrected chi connectivity index (χ2v) is 17.3. The van der Waals surface area contributed by atoms with Gasteiger partial charge in [-0.25, -0.2) is 4.79 Å². The van der Waals surface area contributed by atoms with Gasteiger partial charge in [0.1, 0.15) is 24.9 Å². The van der Waals surface area contributed by atoms with Crippen molar-refractivity contribution in [3.63, 3.8) is 0 Å². The van der Waals surface area contributed by atoms with Gasteiger partial charge in [0, 0.05) is 12.8 Å². The average Bonchev–Trinajstić information content (AvgIpc) is 3.27. The first-order valence-electron chi connectivity index (χ1n) is 25.2. The molecule has 11 heteroatoms. The summed E-state index contributed by atoms with van der Waals surface area (Å²) in [4.78, 5) is 37.0. The van der Waals surface area contributed by atoms with Gasteiger partial charge in [0.15, 0.2) is 18.5 Å². The van der Waals surface area contributed by atoms with Crippen molar-refractivity contribution in [1.29, 1.82) is 0 Å². The Morgan fingerprint density at radius 3 is 1.41 bits per heavy atom. The predicted molar refractivity (Wildman–Crippen MR) is 252 cm³/mol. The molecule has 1 heterocycles. The van der Waals surface area contributed by atoms with E-state index in [0.717, 1.165) is 70.6 Å². The number of esters is 2. The number of hydrogen-bond donors (Lipinski definition) is 4. The minimum absolute atomic E-state index is 0.183. The van der Waals surface area contributed by atoms with Crippen molar-refractivity contribution in [3.05, 3.63) is 48.6 Å². The van der Waals surface area contributed by atoms with Crippen LogP contribution < -0.4 is 0 Å². The molecule has 1 rings (SSSR count). The maximum Gasteiger partial charge on any atom is 0.335 e. The first-order valence-corrected chi connectivity index (χ1v) is 25.2. The molecule has 0 aromatic carbocycles. The minimum Gasteiger partial charge on any atom is -0.479 e. The van der Waals surface area contributed by atoms with E-state index in [-0.39, 0.29) is 19.4 Å². The van der Waals surface area contributed by atoms with Gasteiger partial charge in [0.2, 0.25) is 0 Å². The number of hydrogen-bond acceptors (Lipinski definition) is 10. The fourth-order valence-electron chi connectivity index (χ4n) is 7.52. The Kier molecular flexibility index (Phi) is 38.6. The van der Waals surface area contributed by atoms with Gasteiger partial charge in [-0.15, -0.1) is 0 Å². The van der Waals surface area contributed by atoms with E-state index < -0.39 is 61.3 Å². The summed E-state index contributed by atoms with van der Waals surface area (Å²) in [5, 5.41) is 39.9. The summed E-state index contributed by atoms with van der Waals surface area (Å²) >= 11 is 0. The highest BCUT2D eigenvalue weighted by molar-refractivity contribution is 5.73. The van der Waals surface area contributed by atoms with Crippen molar-refractivity contribution in [3.8, 4) is 0 Å². The third kappa shape index (κ3) is 33.3. The number of allylic oxidation sites excluding steroid dienone is 8. The normalized spacial score (nSPS) is 19.8. The van der Waals surface area contributed by atoms with Crippen LogP contribution in [-0.2, 0) is 33.3 Å². The van der Waals surface area contributed by atoms with Crippen LogP contribution in [0.4, 0.5) is 0 Å². The first kappa shape index (κ1) is 58.2. The van der Waals surface area contributed by atoms with Crippen LogP contribution in [0.5, 0.6) is 0 Å². The number of ether oxygens (including phenoxy) is 4. The molecule has 0 saturated carbocycles. The Labute approximate surface area is 382 Å². The monoisotopic (exact) mass is 891 g/mol. The molecule has 0 aliphatic carbocycles.